The van der Waals surface area contributed by atoms with Crippen molar-refractivity contribution in [2.75, 3.05) is 7.11 Å². The molecule has 2 aromatic rings. The van der Waals surface area contributed by atoms with Crippen molar-refractivity contribution in [3.63, 3.8) is 0 Å². The van der Waals surface area contributed by atoms with E-state index in [1.165, 1.54) is 0 Å². The van der Waals surface area contributed by atoms with Crippen LogP contribution in [0.3, 0.4) is 0 Å². The van der Waals surface area contributed by atoms with Crippen LogP contribution in [0.1, 0.15) is 64.4 Å². The molecule has 1 fully saturated rings. The average Bonchev–Trinajstić information content (AvgIpc) is 2.83. The molecule has 0 spiro atoms. The number of hydrogen-bond acceptors (Lipinski definition) is 4. The monoisotopic (exact) mass is 495 g/mol. The fourth-order valence-electron chi connectivity index (χ4n) is 6.02. The summed E-state index contributed by atoms with van der Waals surface area (Å²) in [6.45, 7) is 15.8. The lowest BCUT2D eigenvalue weighted by Crippen LogP contribution is -2.68. The first-order chi connectivity index (χ1) is 16.5. The maximum Gasteiger partial charge on any atom is 0.231 e. The van der Waals surface area contributed by atoms with Crippen molar-refractivity contribution >= 4 is 20.0 Å². The number of carbonyl (C=O) groups is 2. The fraction of sp³-hybridized carbons (Fsp3) is 0.517. The van der Waals surface area contributed by atoms with Gasteiger partial charge in [-0.3, -0.25) is 9.59 Å². The Labute approximate surface area is 212 Å². The Morgan fingerprint density at radius 1 is 0.886 bits per heavy atom. The highest BCUT2D eigenvalue weighted by Crippen LogP contribution is 2.45. The standard InChI is InChI=1S/C29H41NO4Si/c1-19(2)35(20(3)4,21(5)6)34-22(7)26-27(28(31)24-12-10-9-11-13-24)30(29(26)32)18-23-14-16-25(33-8)17-15-23/h9-17,19-22,26-27H,18H2,1-8H3. The van der Waals surface area contributed by atoms with Gasteiger partial charge in [0.1, 0.15) is 11.8 Å². The summed E-state index contributed by atoms with van der Waals surface area (Å²) >= 11 is 0. The minimum atomic E-state index is -2.21. The highest BCUT2D eigenvalue weighted by atomic mass is 28.4. The number of rotatable bonds is 11. The molecule has 0 aromatic heterocycles. The Kier molecular flexibility index (Phi) is 8.60. The minimum Gasteiger partial charge on any atom is -0.497 e. The predicted molar refractivity (Wildman–Crippen MR) is 143 cm³/mol. The van der Waals surface area contributed by atoms with Crippen LogP contribution in [0.4, 0.5) is 0 Å². The van der Waals surface area contributed by atoms with Gasteiger partial charge in [-0.15, -0.1) is 0 Å². The summed E-state index contributed by atoms with van der Waals surface area (Å²) in [7, 11) is -0.583. The van der Waals surface area contributed by atoms with Crippen LogP contribution >= 0.6 is 0 Å². The van der Waals surface area contributed by atoms with E-state index in [1.54, 1.807) is 12.0 Å². The van der Waals surface area contributed by atoms with Gasteiger partial charge in [-0.25, -0.2) is 0 Å². The maximum absolute atomic E-state index is 13.7. The number of methoxy groups -OCH3 is 1. The zero-order valence-electron chi connectivity index (χ0n) is 22.4. The van der Waals surface area contributed by atoms with E-state index >= 15 is 0 Å². The maximum atomic E-state index is 13.7. The molecule has 0 N–H and O–H groups in total. The quantitative estimate of drug-likeness (QED) is 0.203. The van der Waals surface area contributed by atoms with Crippen LogP contribution in [0.15, 0.2) is 54.6 Å². The lowest BCUT2D eigenvalue weighted by Gasteiger charge is -2.52. The molecule has 35 heavy (non-hydrogen) atoms. The lowest BCUT2D eigenvalue weighted by molar-refractivity contribution is -0.160. The Morgan fingerprint density at radius 2 is 1.43 bits per heavy atom. The van der Waals surface area contributed by atoms with Gasteiger partial charge in [0.05, 0.1) is 19.1 Å². The molecule has 0 radical (unpaired) electrons. The molecule has 5 nitrogen and oxygen atoms in total. The van der Waals surface area contributed by atoms with E-state index in [0.29, 0.717) is 28.7 Å². The second-order valence-electron chi connectivity index (χ2n) is 10.7. The van der Waals surface area contributed by atoms with Crippen LogP contribution in [0.25, 0.3) is 0 Å². The van der Waals surface area contributed by atoms with Crippen LogP contribution in [-0.2, 0) is 15.8 Å². The number of ketones is 1. The van der Waals surface area contributed by atoms with Gasteiger partial charge in [0.15, 0.2) is 5.78 Å². The average molecular weight is 496 g/mol. The number of benzene rings is 2. The molecule has 3 unspecified atom stereocenters. The van der Waals surface area contributed by atoms with Crippen molar-refractivity contribution in [2.24, 2.45) is 5.92 Å². The Bertz CT molecular complexity index is 981. The molecular weight excluding hydrogens is 454 g/mol. The third-order valence-electron chi connectivity index (χ3n) is 7.69. The van der Waals surface area contributed by atoms with Gasteiger partial charge in [-0.05, 0) is 41.2 Å². The van der Waals surface area contributed by atoms with E-state index in [-0.39, 0.29) is 17.8 Å². The summed E-state index contributed by atoms with van der Waals surface area (Å²) in [5.41, 5.74) is 2.80. The van der Waals surface area contributed by atoms with Gasteiger partial charge < -0.3 is 14.1 Å². The van der Waals surface area contributed by atoms with Gasteiger partial charge in [0, 0.05) is 12.1 Å². The number of β-lactam (4-membered cyclic amide) rings is 1. The summed E-state index contributed by atoms with van der Waals surface area (Å²) in [5.74, 6) is 0.244. The number of carbonyl (C=O) groups excluding carboxylic acids is 2. The molecule has 1 amide bonds. The molecule has 1 aliphatic heterocycles. The van der Waals surface area contributed by atoms with Crippen LogP contribution in [-0.4, -0.2) is 44.2 Å². The van der Waals surface area contributed by atoms with E-state index in [1.807, 2.05) is 61.5 Å². The molecule has 190 valence electrons. The first-order valence-corrected chi connectivity index (χ1v) is 14.9. The van der Waals surface area contributed by atoms with Crippen LogP contribution in [0, 0.1) is 5.92 Å². The van der Waals surface area contributed by atoms with Crippen LogP contribution in [0.5, 0.6) is 5.75 Å². The van der Waals surface area contributed by atoms with Gasteiger partial charge in [-0.1, -0.05) is 84.0 Å². The first-order valence-electron chi connectivity index (χ1n) is 12.7. The fourth-order valence-corrected chi connectivity index (χ4v) is 11.6. The number of likely N-dealkylation sites (tertiary alicyclic amines) is 1. The van der Waals surface area contributed by atoms with Crippen LogP contribution < -0.4 is 4.74 Å². The highest BCUT2D eigenvalue weighted by Gasteiger charge is 2.56. The van der Waals surface area contributed by atoms with Gasteiger partial charge in [0.2, 0.25) is 14.2 Å². The Morgan fingerprint density at radius 3 is 1.91 bits per heavy atom. The molecular formula is C29H41NO4Si. The van der Waals surface area contributed by atoms with E-state index < -0.39 is 20.3 Å². The molecule has 3 atom stereocenters. The topological polar surface area (TPSA) is 55.8 Å². The summed E-state index contributed by atoms with van der Waals surface area (Å²) in [6.07, 6.45) is -0.328. The summed E-state index contributed by atoms with van der Waals surface area (Å²) < 4.78 is 12.2. The molecule has 1 saturated heterocycles. The number of hydrogen-bond donors (Lipinski definition) is 0. The number of Topliss-reactive ketones (excluding diaryl/α,β-unsaturated/α-hetero) is 1. The van der Waals surface area contributed by atoms with Crippen LogP contribution in [0.2, 0.25) is 16.6 Å². The van der Waals surface area contributed by atoms with E-state index in [0.717, 1.165) is 11.3 Å². The molecule has 6 heteroatoms. The van der Waals surface area contributed by atoms with Crippen molar-refractivity contribution < 1.29 is 18.8 Å². The Balaban J connectivity index is 1.92. The van der Waals surface area contributed by atoms with Crippen molar-refractivity contribution in [2.45, 2.75) is 83.8 Å². The van der Waals surface area contributed by atoms with Crippen molar-refractivity contribution in [1.82, 2.24) is 4.90 Å². The van der Waals surface area contributed by atoms with Gasteiger partial charge >= 0.3 is 0 Å². The molecule has 0 saturated carbocycles. The zero-order chi connectivity index (χ0) is 25.9. The van der Waals surface area contributed by atoms with Crippen molar-refractivity contribution in [1.29, 1.82) is 0 Å². The third kappa shape index (κ3) is 5.24. The Hall–Kier alpha value is -2.44. The normalized spacial score (nSPS) is 19.3. The highest BCUT2D eigenvalue weighted by molar-refractivity contribution is 6.77. The van der Waals surface area contributed by atoms with Crippen molar-refractivity contribution in [3.05, 3.63) is 65.7 Å². The SMILES string of the molecule is COc1ccc(CN2C(=O)C(C(C)O[Si](C(C)C)(C(C)C)C(C)C)C2C(=O)c2ccccc2)cc1. The molecule has 1 heterocycles. The van der Waals surface area contributed by atoms with Gasteiger partial charge in [-0.2, -0.15) is 0 Å². The summed E-state index contributed by atoms with van der Waals surface area (Å²) in [6, 6.07) is 16.4. The summed E-state index contributed by atoms with van der Waals surface area (Å²) in [4.78, 5) is 29.0. The van der Waals surface area contributed by atoms with E-state index in [9.17, 15) is 9.59 Å². The molecule has 0 bridgehead atoms. The first kappa shape index (κ1) is 27.1. The third-order valence-corrected chi connectivity index (χ3v) is 13.9. The largest absolute Gasteiger partial charge is 0.497 e. The number of amides is 1. The smallest absolute Gasteiger partial charge is 0.231 e. The molecule has 0 aliphatic carbocycles. The van der Waals surface area contributed by atoms with Gasteiger partial charge in [0.25, 0.3) is 0 Å². The van der Waals surface area contributed by atoms with E-state index in [4.69, 9.17) is 9.16 Å². The second kappa shape index (κ2) is 11.1. The number of nitrogens with zero attached hydrogens (tertiary/aromatic N) is 1. The summed E-state index contributed by atoms with van der Waals surface area (Å²) in [5, 5.41) is 0. The molecule has 2 aromatic carbocycles. The number of ether oxygens (including phenoxy) is 1. The molecule has 3 rings (SSSR count). The predicted octanol–water partition coefficient (Wildman–Crippen LogP) is 6.49. The lowest BCUT2D eigenvalue weighted by atomic mass is 9.78. The molecule has 1 aliphatic rings. The zero-order valence-corrected chi connectivity index (χ0v) is 23.4. The van der Waals surface area contributed by atoms with Crippen molar-refractivity contribution in [3.8, 4) is 5.75 Å². The minimum absolute atomic E-state index is 0.0123. The van der Waals surface area contributed by atoms with E-state index in [2.05, 4.69) is 41.5 Å². The second-order valence-corrected chi connectivity index (χ2v) is 16.1.